The van der Waals surface area contributed by atoms with Crippen LogP contribution in [0, 0.1) is 17.2 Å². The number of carbonyl (C=O) groups is 1. The Morgan fingerprint density at radius 3 is 2.69 bits per heavy atom. The fourth-order valence-electron chi connectivity index (χ4n) is 3.54. The van der Waals surface area contributed by atoms with Crippen LogP contribution in [0.1, 0.15) is 36.6 Å². The van der Waals surface area contributed by atoms with E-state index in [0.29, 0.717) is 5.69 Å². The summed E-state index contributed by atoms with van der Waals surface area (Å²) >= 11 is 1.49. The van der Waals surface area contributed by atoms with E-state index >= 15 is 0 Å². The van der Waals surface area contributed by atoms with Gasteiger partial charge in [0.15, 0.2) is 10.8 Å². The second-order valence-electron chi connectivity index (χ2n) is 6.53. The molecule has 6 nitrogen and oxygen atoms in total. The van der Waals surface area contributed by atoms with Gasteiger partial charge in [-0.2, -0.15) is 10.4 Å². The van der Waals surface area contributed by atoms with Crippen molar-refractivity contribution in [3.63, 3.8) is 0 Å². The molecule has 4 rings (SSSR count). The average Bonchev–Trinajstić information content (AvgIpc) is 3.38. The number of hydrogen-bond acceptors (Lipinski definition) is 6. The molecule has 0 spiro atoms. The lowest BCUT2D eigenvalue weighted by molar-refractivity contribution is -0.138. The normalized spacial score (nSPS) is 20.3. The molecule has 0 bridgehead atoms. The van der Waals surface area contributed by atoms with E-state index in [4.69, 9.17) is 5.26 Å². The van der Waals surface area contributed by atoms with Crippen molar-refractivity contribution in [2.24, 2.45) is 11.0 Å². The Labute approximate surface area is 156 Å². The molecule has 132 valence electrons. The molecule has 0 radical (unpaired) electrons. The summed E-state index contributed by atoms with van der Waals surface area (Å²) in [7, 11) is 0. The number of aromatic nitrogens is 1. The molecule has 2 aromatic rings. The zero-order valence-corrected chi connectivity index (χ0v) is 15.1. The van der Waals surface area contributed by atoms with Gasteiger partial charge >= 0.3 is 0 Å². The van der Waals surface area contributed by atoms with Crippen LogP contribution in [0.5, 0.6) is 0 Å². The summed E-state index contributed by atoms with van der Waals surface area (Å²) in [6, 6.07) is 12.2. The van der Waals surface area contributed by atoms with Gasteiger partial charge in [0, 0.05) is 37.0 Å². The van der Waals surface area contributed by atoms with E-state index in [2.05, 4.69) is 33.2 Å². The van der Waals surface area contributed by atoms with Crippen molar-refractivity contribution < 1.29 is 4.79 Å². The predicted octanol–water partition coefficient (Wildman–Crippen LogP) is 3.19. The standard InChI is InChI=1S/C19H19N5OS/c20-12-16-13-26-19(22-16)23-10-7-15(8-11-23)18(25)24-17(6-9-21-24)14-4-2-1-3-5-14/h1-5,9,13,15,17H,6-8,10-11H2/t17-/m0/s1. The predicted molar refractivity (Wildman–Crippen MR) is 101 cm³/mol. The number of rotatable bonds is 3. The smallest absolute Gasteiger partial charge is 0.246 e. The molecule has 1 fully saturated rings. The first-order chi connectivity index (χ1) is 12.8. The van der Waals surface area contributed by atoms with Crippen LogP contribution in [-0.2, 0) is 4.79 Å². The van der Waals surface area contributed by atoms with Crippen LogP contribution < -0.4 is 4.90 Å². The fraction of sp³-hybridized carbons (Fsp3) is 0.368. The lowest BCUT2D eigenvalue weighted by Gasteiger charge is -2.33. The molecule has 2 aliphatic heterocycles. The van der Waals surface area contributed by atoms with Crippen molar-refractivity contribution in [1.29, 1.82) is 5.26 Å². The van der Waals surface area contributed by atoms with Crippen molar-refractivity contribution in [1.82, 2.24) is 9.99 Å². The lowest BCUT2D eigenvalue weighted by Crippen LogP contribution is -2.41. The number of carbonyl (C=O) groups excluding carboxylic acids is 1. The van der Waals surface area contributed by atoms with Gasteiger partial charge in [-0.05, 0) is 18.4 Å². The molecule has 3 heterocycles. The van der Waals surface area contributed by atoms with Crippen LogP contribution in [0.25, 0.3) is 0 Å². The minimum Gasteiger partial charge on any atom is -0.348 e. The number of nitriles is 1. The highest BCUT2D eigenvalue weighted by Crippen LogP contribution is 2.32. The second-order valence-corrected chi connectivity index (χ2v) is 7.37. The second kappa shape index (κ2) is 7.26. The highest BCUT2D eigenvalue weighted by atomic mass is 32.1. The van der Waals surface area contributed by atoms with Crippen LogP contribution in [0.2, 0.25) is 0 Å². The first kappa shape index (κ1) is 16.7. The first-order valence-corrected chi connectivity index (χ1v) is 9.65. The Bertz CT molecular complexity index is 848. The van der Waals surface area contributed by atoms with E-state index in [1.807, 2.05) is 24.4 Å². The van der Waals surface area contributed by atoms with Crippen molar-refractivity contribution in [2.45, 2.75) is 25.3 Å². The summed E-state index contributed by atoms with van der Waals surface area (Å²) in [6.45, 7) is 1.56. The Morgan fingerprint density at radius 2 is 2.00 bits per heavy atom. The SMILES string of the molecule is N#Cc1csc(N2CCC(C(=O)N3N=CC[C@H]3c3ccccc3)CC2)n1. The highest BCUT2D eigenvalue weighted by molar-refractivity contribution is 7.13. The molecule has 1 saturated heterocycles. The Balaban J connectivity index is 1.40. The van der Waals surface area contributed by atoms with E-state index in [9.17, 15) is 4.79 Å². The number of piperidine rings is 1. The summed E-state index contributed by atoms with van der Waals surface area (Å²) < 4.78 is 0. The number of nitrogens with zero attached hydrogens (tertiary/aromatic N) is 5. The van der Waals surface area contributed by atoms with Crippen LogP contribution in [0.15, 0.2) is 40.8 Å². The molecule has 0 aliphatic carbocycles. The number of hydrogen-bond donors (Lipinski definition) is 0. The molecule has 1 aromatic heterocycles. The number of hydrazone groups is 1. The molecule has 1 amide bonds. The largest absolute Gasteiger partial charge is 0.348 e. The Morgan fingerprint density at radius 1 is 1.23 bits per heavy atom. The number of thiazole rings is 1. The van der Waals surface area contributed by atoms with Gasteiger partial charge in [-0.25, -0.2) is 9.99 Å². The molecule has 7 heteroatoms. The van der Waals surface area contributed by atoms with Crippen molar-refractivity contribution in [3.05, 3.63) is 47.0 Å². The van der Waals surface area contributed by atoms with Gasteiger partial charge < -0.3 is 4.90 Å². The zero-order valence-electron chi connectivity index (χ0n) is 14.3. The molecule has 26 heavy (non-hydrogen) atoms. The molecule has 0 unspecified atom stereocenters. The Kier molecular flexibility index (Phi) is 4.67. The van der Waals surface area contributed by atoms with Crippen LogP contribution in [0.4, 0.5) is 5.13 Å². The maximum absolute atomic E-state index is 13.0. The van der Waals surface area contributed by atoms with Crippen LogP contribution in [-0.4, -0.2) is 35.2 Å². The van der Waals surface area contributed by atoms with E-state index < -0.39 is 0 Å². The van der Waals surface area contributed by atoms with Gasteiger partial charge in [0.1, 0.15) is 6.07 Å². The third-order valence-electron chi connectivity index (χ3n) is 4.96. The average molecular weight is 365 g/mol. The minimum absolute atomic E-state index is 0.0110. The molecule has 2 aliphatic rings. The molecule has 0 saturated carbocycles. The monoisotopic (exact) mass is 365 g/mol. The van der Waals surface area contributed by atoms with E-state index in [1.54, 1.807) is 10.4 Å². The maximum atomic E-state index is 13.0. The fourth-order valence-corrected chi connectivity index (χ4v) is 4.35. The first-order valence-electron chi connectivity index (χ1n) is 8.77. The molecular formula is C19H19N5OS. The molecule has 0 N–H and O–H groups in total. The van der Waals surface area contributed by atoms with Gasteiger partial charge in [0.2, 0.25) is 5.91 Å². The van der Waals surface area contributed by atoms with Gasteiger partial charge in [-0.3, -0.25) is 4.79 Å². The van der Waals surface area contributed by atoms with E-state index in [-0.39, 0.29) is 17.9 Å². The number of anilines is 1. The summed E-state index contributed by atoms with van der Waals surface area (Å²) in [5.74, 6) is 0.104. The third kappa shape index (κ3) is 3.20. The van der Waals surface area contributed by atoms with Crippen molar-refractivity contribution in [3.8, 4) is 6.07 Å². The minimum atomic E-state index is -0.0110. The maximum Gasteiger partial charge on any atom is 0.246 e. The van der Waals surface area contributed by atoms with Gasteiger partial charge in [-0.15, -0.1) is 11.3 Å². The molecule has 1 aromatic carbocycles. The van der Waals surface area contributed by atoms with Crippen molar-refractivity contribution >= 4 is 28.6 Å². The van der Waals surface area contributed by atoms with Gasteiger partial charge in [0.05, 0.1) is 6.04 Å². The summed E-state index contributed by atoms with van der Waals surface area (Å²) in [5.41, 5.74) is 1.59. The Hall–Kier alpha value is -2.72. The summed E-state index contributed by atoms with van der Waals surface area (Å²) in [5, 5.41) is 17.6. The van der Waals surface area contributed by atoms with Gasteiger partial charge in [0.25, 0.3) is 0 Å². The van der Waals surface area contributed by atoms with Crippen LogP contribution >= 0.6 is 11.3 Å². The summed E-state index contributed by atoms with van der Waals surface area (Å²) in [6.07, 6.45) is 4.18. The third-order valence-corrected chi connectivity index (χ3v) is 5.86. The topological polar surface area (TPSA) is 72.6 Å². The molecule has 1 atom stereocenters. The number of benzene rings is 1. The van der Waals surface area contributed by atoms with E-state index in [0.717, 1.165) is 43.0 Å². The molecular weight excluding hydrogens is 346 g/mol. The van der Waals surface area contributed by atoms with Gasteiger partial charge in [-0.1, -0.05) is 30.3 Å². The van der Waals surface area contributed by atoms with E-state index in [1.165, 1.54) is 11.3 Å². The highest BCUT2D eigenvalue weighted by Gasteiger charge is 2.35. The lowest BCUT2D eigenvalue weighted by atomic mass is 9.94. The van der Waals surface area contributed by atoms with Crippen LogP contribution in [0.3, 0.4) is 0 Å². The summed E-state index contributed by atoms with van der Waals surface area (Å²) in [4.78, 5) is 19.5. The number of amides is 1. The van der Waals surface area contributed by atoms with Crippen molar-refractivity contribution in [2.75, 3.05) is 18.0 Å². The zero-order chi connectivity index (χ0) is 17.9. The quantitative estimate of drug-likeness (QED) is 0.837.